The van der Waals surface area contributed by atoms with Crippen LogP contribution in [0.3, 0.4) is 0 Å². The largest absolute Gasteiger partial charge is 0.235 e. The number of rotatable bonds is 1. The fourth-order valence-electron chi connectivity index (χ4n) is 2.62. The average Bonchev–Trinajstić information content (AvgIpc) is 2.44. The van der Waals surface area contributed by atoms with Crippen LogP contribution in [0.1, 0.15) is 32.6 Å². The molecule has 2 rings (SSSR count). The summed E-state index contributed by atoms with van der Waals surface area (Å²) in [6.45, 7) is 2.34. The lowest BCUT2D eigenvalue weighted by molar-refractivity contribution is 0.473. The third kappa shape index (κ3) is 2.17. The summed E-state index contributed by atoms with van der Waals surface area (Å²) in [5.41, 5.74) is 0. The van der Waals surface area contributed by atoms with Crippen molar-refractivity contribution in [3.05, 3.63) is 0 Å². The van der Waals surface area contributed by atoms with Crippen LogP contribution in [0, 0.1) is 0 Å². The fraction of sp³-hybridized carbons (Fsp3) is 1.00. The van der Waals surface area contributed by atoms with E-state index in [4.69, 9.17) is 0 Å². The van der Waals surface area contributed by atoms with Gasteiger partial charge in [-0.25, -0.2) is 13.1 Å². The summed E-state index contributed by atoms with van der Waals surface area (Å²) in [6, 6.07) is 0.911. The molecule has 0 saturated carbocycles. The lowest BCUT2D eigenvalue weighted by atomic mass is 10.3. The van der Waals surface area contributed by atoms with Gasteiger partial charge in [-0.1, -0.05) is 13.3 Å². The summed E-state index contributed by atoms with van der Waals surface area (Å²) in [5, 5.41) is 0. The summed E-state index contributed by atoms with van der Waals surface area (Å²) < 4.78 is 2.61. The Kier molecular flexibility index (Phi) is 3.47. The van der Waals surface area contributed by atoms with Crippen molar-refractivity contribution in [1.29, 1.82) is 0 Å². The molecule has 1 spiro atoms. The molecule has 2 aliphatic heterocycles. The van der Waals surface area contributed by atoms with Crippen LogP contribution in [0.5, 0.6) is 0 Å². The molecule has 2 heterocycles. The minimum absolute atomic E-state index is 0.154. The SMILES string of the molecule is CCC1CS2(CCCCC2)CN1I. The molecule has 0 radical (unpaired) electrons. The average molecular weight is 313 g/mol. The molecule has 0 aromatic heterocycles. The Hall–Kier alpha value is 1.04. The van der Waals surface area contributed by atoms with Gasteiger partial charge in [0.05, 0.1) is 0 Å². The van der Waals surface area contributed by atoms with Crippen LogP contribution < -0.4 is 0 Å². The van der Waals surface area contributed by atoms with Crippen molar-refractivity contribution in [2.75, 3.05) is 23.1 Å². The van der Waals surface area contributed by atoms with Crippen molar-refractivity contribution in [2.45, 2.75) is 38.6 Å². The summed E-state index contributed by atoms with van der Waals surface area (Å²) in [5.74, 6) is 6.19. The van der Waals surface area contributed by atoms with Gasteiger partial charge in [-0.2, -0.15) is 0 Å². The van der Waals surface area contributed by atoms with Gasteiger partial charge < -0.3 is 0 Å². The molecule has 1 unspecified atom stereocenters. The van der Waals surface area contributed by atoms with Crippen molar-refractivity contribution < 1.29 is 0 Å². The van der Waals surface area contributed by atoms with E-state index < -0.39 is 0 Å². The molecule has 1 atom stereocenters. The molecule has 2 aliphatic rings. The van der Waals surface area contributed by atoms with Crippen molar-refractivity contribution in [1.82, 2.24) is 3.11 Å². The molecular formula is C10H20INS. The molecule has 0 aliphatic carbocycles. The third-order valence-electron chi connectivity index (χ3n) is 3.47. The van der Waals surface area contributed by atoms with Gasteiger partial charge in [0.2, 0.25) is 0 Å². The van der Waals surface area contributed by atoms with Crippen molar-refractivity contribution >= 4 is 32.9 Å². The van der Waals surface area contributed by atoms with Gasteiger partial charge in [-0.05, 0) is 36.5 Å². The van der Waals surface area contributed by atoms with E-state index in [1.54, 1.807) is 17.3 Å². The molecule has 1 nitrogen and oxygen atoms in total. The molecule has 0 amide bonds. The number of halogens is 1. The van der Waals surface area contributed by atoms with Gasteiger partial charge in [0.25, 0.3) is 0 Å². The van der Waals surface area contributed by atoms with Crippen LogP contribution in [-0.4, -0.2) is 32.3 Å². The first kappa shape index (κ1) is 10.6. The highest BCUT2D eigenvalue weighted by molar-refractivity contribution is 14.1. The summed E-state index contributed by atoms with van der Waals surface area (Å²) in [7, 11) is -0.154. The zero-order chi connectivity index (χ0) is 9.31. The molecule has 0 N–H and O–H groups in total. The second kappa shape index (κ2) is 4.27. The van der Waals surface area contributed by atoms with Crippen LogP contribution in [0.25, 0.3) is 0 Å². The monoisotopic (exact) mass is 313 g/mol. The first-order chi connectivity index (χ1) is 6.26. The molecule has 2 fully saturated rings. The summed E-state index contributed by atoms with van der Waals surface area (Å²) in [4.78, 5) is 0. The van der Waals surface area contributed by atoms with Crippen LogP contribution >= 0.6 is 32.9 Å². The van der Waals surface area contributed by atoms with Gasteiger partial charge in [-0.3, -0.25) is 0 Å². The van der Waals surface area contributed by atoms with Crippen LogP contribution in [0.2, 0.25) is 0 Å². The van der Waals surface area contributed by atoms with E-state index in [-0.39, 0.29) is 10.0 Å². The molecule has 78 valence electrons. The second-order valence-electron chi connectivity index (χ2n) is 4.45. The second-order valence-corrected chi connectivity index (χ2v) is 9.55. The minimum Gasteiger partial charge on any atom is -0.235 e. The molecule has 2 saturated heterocycles. The van der Waals surface area contributed by atoms with Crippen molar-refractivity contribution in [3.63, 3.8) is 0 Å². The highest BCUT2D eigenvalue weighted by Gasteiger charge is 2.38. The molecule has 0 bridgehead atoms. The van der Waals surface area contributed by atoms with E-state index in [1.807, 2.05) is 0 Å². The number of hydrogen-bond acceptors (Lipinski definition) is 1. The molecular weight excluding hydrogens is 293 g/mol. The van der Waals surface area contributed by atoms with Crippen molar-refractivity contribution in [2.24, 2.45) is 0 Å². The molecule has 13 heavy (non-hydrogen) atoms. The van der Waals surface area contributed by atoms with E-state index >= 15 is 0 Å². The third-order valence-corrected chi connectivity index (χ3v) is 9.28. The van der Waals surface area contributed by atoms with Gasteiger partial charge >= 0.3 is 0 Å². The predicted octanol–water partition coefficient (Wildman–Crippen LogP) is 3.38. The zero-order valence-electron chi connectivity index (χ0n) is 8.47. The lowest BCUT2D eigenvalue weighted by Crippen LogP contribution is -2.19. The minimum atomic E-state index is -0.154. The topological polar surface area (TPSA) is 3.24 Å². The van der Waals surface area contributed by atoms with Gasteiger partial charge in [-0.15, -0.1) is 0 Å². The van der Waals surface area contributed by atoms with Crippen molar-refractivity contribution in [3.8, 4) is 0 Å². The zero-order valence-corrected chi connectivity index (χ0v) is 11.4. The molecule has 0 aromatic carbocycles. The Morgan fingerprint density at radius 2 is 2.00 bits per heavy atom. The Bertz CT molecular complexity index is 180. The lowest BCUT2D eigenvalue weighted by Gasteiger charge is -2.38. The summed E-state index contributed by atoms with van der Waals surface area (Å²) >= 11 is 2.56. The maximum absolute atomic E-state index is 2.61. The quantitative estimate of drug-likeness (QED) is 0.530. The van der Waals surface area contributed by atoms with Crippen LogP contribution in [0.4, 0.5) is 0 Å². The maximum Gasteiger partial charge on any atom is 0.0388 e. The number of hydrogen-bond donors (Lipinski definition) is 0. The van der Waals surface area contributed by atoms with Gasteiger partial charge in [0.15, 0.2) is 0 Å². The predicted molar refractivity (Wildman–Crippen MR) is 70.8 cm³/mol. The van der Waals surface area contributed by atoms with E-state index in [0.717, 1.165) is 6.04 Å². The van der Waals surface area contributed by atoms with E-state index in [2.05, 4.69) is 32.9 Å². The van der Waals surface area contributed by atoms with E-state index in [1.165, 1.54) is 31.6 Å². The maximum atomic E-state index is 2.61. The van der Waals surface area contributed by atoms with E-state index in [0.29, 0.717) is 0 Å². The molecule has 0 aromatic rings. The van der Waals surface area contributed by atoms with Gasteiger partial charge in [0.1, 0.15) is 0 Å². The summed E-state index contributed by atoms with van der Waals surface area (Å²) in [6.07, 6.45) is 5.91. The first-order valence-corrected chi connectivity index (χ1v) is 8.70. The Labute approximate surface area is 97.4 Å². The van der Waals surface area contributed by atoms with Crippen LogP contribution in [-0.2, 0) is 0 Å². The standard InChI is InChI=1S/C10H20INS/c1-2-10-8-13(9-12(10)11)6-4-3-5-7-13/h10H,2-9H2,1H3. The number of nitrogens with zero attached hydrogens (tertiary/aromatic N) is 1. The van der Waals surface area contributed by atoms with E-state index in [9.17, 15) is 0 Å². The fourth-order valence-corrected chi connectivity index (χ4v) is 9.75. The smallest absolute Gasteiger partial charge is 0.0388 e. The Morgan fingerprint density at radius 1 is 1.31 bits per heavy atom. The molecule has 3 heteroatoms. The Morgan fingerprint density at radius 3 is 2.54 bits per heavy atom. The highest BCUT2D eigenvalue weighted by Crippen LogP contribution is 2.58. The highest BCUT2D eigenvalue weighted by atomic mass is 127. The Balaban J connectivity index is 2.01. The normalized spacial score (nSPS) is 36.6. The van der Waals surface area contributed by atoms with Crippen LogP contribution in [0.15, 0.2) is 0 Å². The van der Waals surface area contributed by atoms with Gasteiger partial charge in [0, 0.05) is 34.8 Å². The first-order valence-electron chi connectivity index (χ1n) is 5.42.